The van der Waals surface area contributed by atoms with Crippen molar-refractivity contribution in [2.24, 2.45) is 0 Å². The van der Waals surface area contributed by atoms with Crippen LogP contribution in [0.5, 0.6) is 0 Å². The Morgan fingerprint density at radius 1 is 1.00 bits per heavy atom. The van der Waals surface area contributed by atoms with Crippen LogP contribution in [0.25, 0.3) is 0 Å². The van der Waals surface area contributed by atoms with Crippen molar-refractivity contribution in [2.45, 2.75) is 46.7 Å². The first-order valence-corrected chi connectivity index (χ1v) is 9.19. The molecule has 174 valence electrons. The van der Waals surface area contributed by atoms with Crippen molar-refractivity contribution in [1.82, 2.24) is 16.0 Å². The maximum Gasteiger partial charge on any atom is 0.336 e. The summed E-state index contributed by atoms with van der Waals surface area (Å²) in [7, 11) is 0. The second-order valence-corrected chi connectivity index (χ2v) is 6.62. The summed E-state index contributed by atoms with van der Waals surface area (Å²) in [5.74, 6) is -3.89. The molecule has 0 aromatic rings. The molecule has 0 aromatic heterocycles. The molecule has 0 saturated carbocycles. The van der Waals surface area contributed by atoms with Crippen LogP contribution in [0.3, 0.4) is 0 Å². The summed E-state index contributed by atoms with van der Waals surface area (Å²) in [6, 6.07) is 0. The number of hydrogen-bond acceptors (Lipinski definition) is 7. The van der Waals surface area contributed by atoms with Crippen LogP contribution in [-0.4, -0.2) is 54.1 Å². The number of carbonyl (C=O) groups is 4. The molecule has 31 heavy (non-hydrogen) atoms. The van der Waals surface area contributed by atoms with E-state index in [2.05, 4.69) is 42.3 Å². The van der Waals surface area contributed by atoms with E-state index in [9.17, 15) is 19.2 Å². The van der Waals surface area contributed by atoms with Crippen molar-refractivity contribution in [1.29, 1.82) is 0 Å². The van der Waals surface area contributed by atoms with Gasteiger partial charge in [0.15, 0.2) is 0 Å². The molecule has 4 N–H and O–H groups in total. The van der Waals surface area contributed by atoms with Gasteiger partial charge in [0.1, 0.15) is 6.23 Å². The Balaban J connectivity index is 0. The summed E-state index contributed by atoms with van der Waals surface area (Å²) in [6.45, 7) is 21.2. The van der Waals surface area contributed by atoms with Gasteiger partial charge in [-0.15, -0.1) is 0 Å². The molecular weight excluding hydrogens is 406 g/mol. The largest absolute Gasteiger partial charge is 0.417 e. The van der Waals surface area contributed by atoms with Gasteiger partial charge in [-0.1, -0.05) is 26.3 Å². The first-order chi connectivity index (χ1) is 14.2. The van der Waals surface area contributed by atoms with Crippen LogP contribution in [0.15, 0.2) is 49.1 Å². The Morgan fingerprint density at radius 2 is 1.45 bits per heavy atom. The normalized spacial score (nSPS) is 10.9. The molecule has 0 aliphatic carbocycles. The summed E-state index contributed by atoms with van der Waals surface area (Å²) < 4.78 is 9.99. The van der Waals surface area contributed by atoms with Crippen molar-refractivity contribution in [3.8, 4) is 0 Å². The van der Waals surface area contributed by atoms with E-state index in [4.69, 9.17) is 14.6 Å². The Bertz CT molecular complexity index is 659. The molecule has 0 rings (SSSR count). The van der Waals surface area contributed by atoms with E-state index in [1.54, 1.807) is 6.92 Å². The minimum absolute atomic E-state index is 0.0473. The fraction of sp³-hybridized carbons (Fsp3) is 0.429. The highest BCUT2D eigenvalue weighted by Crippen LogP contribution is 2.08. The van der Waals surface area contributed by atoms with E-state index in [0.29, 0.717) is 0 Å². The van der Waals surface area contributed by atoms with Crippen LogP contribution in [0.1, 0.15) is 34.6 Å². The van der Waals surface area contributed by atoms with Crippen molar-refractivity contribution in [3.05, 3.63) is 49.1 Å². The molecule has 0 saturated heterocycles. The fourth-order valence-electron chi connectivity index (χ4n) is 1.53. The second kappa shape index (κ2) is 14.7. The number of esters is 1. The molecule has 1 atom stereocenters. The molecule has 0 aromatic carbocycles. The summed E-state index contributed by atoms with van der Waals surface area (Å²) in [4.78, 5) is 45.5. The topological polar surface area (TPSA) is 143 Å². The molecule has 1 unspecified atom stereocenters. The lowest BCUT2D eigenvalue weighted by Gasteiger charge is -2.31. The second-order valence-electron chi connectivity index (χ2n) is 6.62. The van der Waals surface area contributed by atoms with Crippen LogP contribution >= 0.6 is 0 Å². The summed E-state index contributed by atoms with van der Waals surface area (Å²) >= 11 is 0. The quantitative estimate of drug-likeness (QED) is 0.212. The van der Waals surface area contributed by atoms with Gasteiger partial charge >= 0.3 is 5.97 Å². The van der Waals surface area contributed by atoms with E-state index in [1.807, 2.05) is 0 Å². The van der Waals surface area contributed by atoms with Crippen molar-refractivity contribution >= 4 is 23.7 Å². The third-order valence-corrected chi connectivity index (χ3v) is 3.11. The van der Waals surface area contributed by atoms with Crippen molar-refractivity contribution in [2.75, 3.05) is 13.2 Å². The fourth-order valence-corrected chi connectivity index (χ4v) is 1.53. The molecule has 0 heterocycles. The van der Waals surface area contributed by atoms with Crippen molar-refractivity contribution < 1.29 is 33.8 Å². The van der Waals surface area contributed by atoms with Gasteiger partial charge in [-0.05, 0) is 33.8 Å². The van der Waals surface area contributed by atoms with E-state index < -0.39 is 23.6 Å². The summed E-state index contributed by atoms with van der Waals surface area (Å²) in [5.41, 5.74) is 0.532. The zero-order chi connectivity index (χ0) is 24.8. The number of aliphatic hydroxyl groups excluding tert-OH is 1. The zero-order valence-electron chi connectivity index (χ0n) is 18.8. The number of hydrogen-bond donors (Lipinski definition) is 4. The highest BCUT2D eigenvalue weighted by molar-refractivity contribution is 5.96. The maximum atomic E-state index is 11.7. The minimum atomic E-state index is -1.72. The van der Waals surface area contributed by atoms with Crippen LogP contribution in [0, 0.1) is 0 Å². The van der Waals surface area contributed by atoms with Gasteiger partial charge in [0.25, 0.3) is 17.7 Å². The van der Waals surface area contributed by atoms with Crippen LogP contribution in [0.2, 0.25) is 0 Å². The molecule has 0 bridgehead atoms. The van der Waals surface area contributed by atoms with Crippen LogP contribution < -0.4 is 16.0 Å². The lowest BCUT2D eigenvalue weighted by molar-refractivity contribution is -0.164. The number of amides is 3. The standard InChI is InChI=1S/C14H20N2O4.C7H13NO3/c1-8(2)11(17)15-14(7,16-12(18)9(3)4)20-13(19)10(5)6;1-3-7(10)8-6(2)11-5-4-9/h1,3,5H2,2,4,6-7H3,(H,15,17)(H,16,18);3,6,9H,1,4-5H2,2H3,(H,8,10). The zero-order valence-corrected chi connectivity index (χ0v) is 18.8. The predicted molar refractivity (Wildman–Crippen MR) is 116 cm³/mol. The Kier molecular flexibility index (Phi) is 14.2. The molecule has 0 fully saturated rings. The summed E-state index contributed by atoms with van der Waals surface area (Å²) in [5, 5.41) is 15.6. The highest BCUT2D eigenvalue weighted by atomic mass is 16.6. The molecule has 0 aliphatic heterocycles. The van der Waals surface area contributed by atoms with Gasteiger partial charge in [-0.3, -0.25) is 25.0 Å². The minimum Gasteiger partial charge on any atom is -0.417 e. The smallest absolute Gasteiger partial charge is 0.336 e. The third kappa shape index (κ3) is 14.4. The molecule has 0 radical (unpaired) electrons. The molecule has 10 nitrogen and oxygen atoms in total. The predicted octanol–water partition coefficient (Wildman–Crippen LogP) is 0.808. The van der Waals surface area contributed by atoms with E-state index in [0.717, 1.165) is 0 Å². The van der Waals surface area contributed by atoms with Crippen molar-refractivity contribution in [3.63, 3.8) is 0 Å². The maximum absolute atomic E-state index is 11.7. The molecular formula is C21H33N3O7. The number of carbonyl (C=O) groups excluding carboxylic acids is 4. The number of aliphatic hydroxyl groups is 1. The summed E-state index contributed by atoms with van der Waals surface area (Å²) in [6.07, 6.45) is 0.784. The lowest BCUT2D eigenvalue weighted by Crippen LogP contribution is -2.61. The average molecular weight is 440 g/mol. The van der Waals surface area contributed by atoms with E-state index >= 15 is 0 Å². The Morgan fingerprint density at radius 3 is 1.77 bits per heavy atom. The van der Waals surface area contributed by atoms with E-state index in [1.165, 1.54) is 33.8 Å². The van der Waals surface area contributed by atoms with Gasteiger partial charge in [0.05, 0.1) is 13.2 Å². The molecule has 0 aliphatic rings. The van der Waals surface area contributed by atoms with Gasteiger partial charge in [-0.2, -0.15) is 0 Å². The SMILES string of the molecule is C=C(C)C(=O)NC(C)(NC(=O)C(=C)C)OC(=O)C(=C)C.C=CC(=O)NC(C)OCCO. The van der Waals surface area contributed by atoms with Crippen LogP contribution in [0.4, 0.5) is 0 Å². The van der Waals surface area contributed by atoms with E-state index in [-0.39, 0.29) is 42.1 Å². The molecule has 3 amide bonds. The number of nitrogens with one attached hydrogen (secondary N) is 3. The van der Waals surface area contributed by atoms with Gasteiger partial charge in [0, 0.05) is 23.6 Å². The number of rotatable bonds is 11. The Hall–Kier alpha value is -3.24. The third-order valence-electron chi connectivity index (χ3n) is 3.11. The first kappa shape index (κ1) is 30.0. The highest BCUT2D eigenvalue weighted by Gasteiger charge is 2.33. The number of ether oxygens (including phenoxy) is 2. The Labute approximate surface area is 183 Å². The first-order valence-electron chi connectivity index (χ1n) is 9.19. The van der Waals surface area contributed by atoms with Gasteiger partial charge < -0.3 is 19.9 Å². The molecule has 0 spiro atoms. The molecule has 10 heteroatoms. The monoisotopic (exact) mass is 439 g/mol. The van der Waals surface area contributed by atoms with Crippen LogP contribution in [-0.2, 0) is 28.7 Å². The lowest BCUT2D eigenvalue weighted by atomic mass is 10.2. The van der Waals surface area contributed by atoms with Gasteiger partial charge in [0.2, 0.25) is 5.91 Å². The average Bonchev–Trinajstić information content (AvgIpc) is 2.65. The van der Waals surface area contributed by atoms with Gasteiger partial charge in [-0.25, -0.2) is 4.79 Å².